The molecule has 29 heavy (non-hydrogen) atoms. The van der Waals surface area contributed by atoms with Crippen molar-refractivity contribution in [2.24, 2.45) is 0 Å². The molecule has 2 aromatic rings. The summed E-state index contributed by atoms with van der Waals surface area (Å²) in [6.45, 7) is 0.412. The summed E-state index contributed by atoms with van der Waals surface area (Å²) in [5.74, 6) is 0. The maximum Gasteiger partial charge on any atom is 0.416 e. The molecule has 0 radical (unpaired) electrons. The summed E-state index contributed by atoms with van der Waals surface area (Å²) in [6, 6.07) is 14.2. The number of alkyl halides is 3. The summed E-state index contributed by atoms with van der Waals surface area (Å²) in [5.41, 5.74) is 0.803. The summed E-state index contributed by atoms with van der Waals surface area (Å²) in [7, 11) is 0. The van der Waals surface area contributed by atoms with Crippen molar-refractivity contribution in [2.75, 3.05) is 13.2 Å². The smallest absolute Gasteiger partial charge is 0.396 e. The van der Waals surface area contributed by atoms with E-state index in [0.29, 0.717) is 19.4 Å². The molecule has 1 aliphatic carbocycles. The maximum atomic E-state index is 12.8. The van der Waals surface area contributed by atoms with Crippen molar-refractivity contribution in [3.8, 4) is 0 Å². The highest BCUT2D eigenvalue weighted by Gasteiger charge is 2.44. The number of hydrogen-bond acceptors (Lipinski definition) is 2. The van der Waals surface area contributed by atoms with Gasteiger partial charge in [-0.1, -0.05) is 42.5 Å². The van der Waals surface area contributed by atoms with Gasteiger partial charge in [-0.05, 0) is 48.9 Å². The molecule has 3 rings (SSSR count). The zero-order chi connectivity index (χ0) is 20.9. The lowest BCUT2D eigenvalue weighted by Crippen LogP contribution is -2.41. The van der Waals surface area contributed by atoms with Crippen LogP contribution < -0.4 is 10.6 Å². The third kappa shape index (κ3) is 5.50. The van der Waals surface area contributed by atoms with E-state index in [-0.39, 0.29) is 24.1 Å². The Labute approximate surface area is 168 Å². The number of urea groups is 1. The Morgan fingerprint density at radius 2 is 1.72 bits per heavy atom. The van der Waals surface area contributed by atoms with Crippen molar-refractivity contribution in [3.63, 3.8) is 0 Å². The van der Waals surface area contributed by atoms with E-state index in [4.69, 9.17) is 5.11 Å². The van der Waals surface area contributed by atoms with Gasteiger partial charge in [0.15, 0.2) is 0 Å². The third-order valence-corrected chi connectivity index (χ3v) is 5.42. The first kappa shape index (κ1) is 21.2. The van der Waals surface area contributed by atoms with Crippen molar-refractivity contribution in [1.82, 2.24) is 10.6 Å². The van der Waals surface area contributed by atoms with E-state index < -0.39 is 11.7 Å². The molecule has 0 aliphatic heterocycles. The SMILES string of the molecule is O=C(NCC1(c2ccc(C(F)(F)F)cc2)CC1)NC(CCCO)c1ccccc1. The Bertz CT molecular complexity index is 803. The molecule has 1 saturated carbocycles. The minimum Gasteiger partial charge on any atom is -0.396 e. The molecule has 0 bridgehead atoms. The molecule has 4 nitrogen and oxygen atoms in total. The van der Waals surface area contributed by atoms with Gasteiger partial charge in [-0.25, -0.2) is 4.79 Å². The van der Waals surface area contributed by atoms with Crippen LogP contribution in [0.3, 0.4) is 0 Å². The molecule has 7 heteroatoms. The van der Waals surface area contributed by atoms with Gasteiger partial charge >= 0.3 is 12.2 Å². The Kier molecular flexibility index (Phi) is 6.47. The second-order valence-electron chi connectivity index (χ2n) is 7.51. The fraction of sp³-hybridized carbons (Fsp3) is 0.409. The van der Waals surface area contributed by atoms with Crippen molar-refractivity contribution in [1.29, 1.82) is 0 Å². The number of nitrogens with one attached hydrogen (secondary N) is 2. The van der Waals surface area contributed by atoms with Crippen molar-refractivity contribution in [2.45, 2.75) is 43.3 Å². The van der Waals surface area contributed by atoms with Gasteiger partial charge in [-0.3, -0.25) is 0 Å². The zero-order valence-electron chi connectivity index (χ0n) is 16.0. The van der Waals surface area contributed by atoms with Gasteiger partial charge in [0.25, 0.3) is 0 Å². The Morgan fingerprint density at radius 1 is 1.07 bits per heavy atom. The molecule has 1 unspecified atom stereocenters. The van der Waals surface area contributed by atoms with E-state index >= 15 is 0 Å². The molecule has 1 aliphatic rings. The van der Waals surface area contributed by atoms with Gasteiger partial charge in [-0.15, -0.1) is 0 Å². The summed E-state index contributed by atoms with van der Waals surface area (Å²) in [4.78, 5) is 12.4. The van der Waals surface area contributed by atoms with Gasteiger partial charge in [0, 0.05) is 18.6 Å². The number of benzene rings is 2. The van der Waals surface area contributed by atoms with E-state index in [1.165, 1.54) is 12.1 Å². The molecule has 2 aromatic carbocycles. The number of aliphatic hydroxyl groups is 1. The minimum atomic E-state index is -4.35. The van der Waals surface area contributed by atoms with Crippen molar-refractivity contribution >= 4 is 6.03 Å². The number of hydrogen-bond donors (Lipinski definition) is 3. The van der Waals surface area contributed by atoms with Crippen LogP contribution in [0.2, 0.25) is 0 Å². The molecule has 1 atom stereocenters. The highest BCUT2D eigenvalue weighted by molar-refractivity contribution is 5.74. The highest BCUT2D eigenvalue weighted by atomic mass is 19.4. The van der Waals surface area contributed by atoms with Crippen LogP contribution in [-0.2, 0) is 11.6 Å². The first-order valence-electron chi connectivity index (χ1n) is 9.72. The van der Waals surface area contributed by atoms with Crippen LogP contribution in [0.1, 0.15) is 48.4 Å². The topological polar surface area (TPSA) is 61.4 Å². The lowest BCUT2D eigenvalue weighted by Gasteiger charge is -2.22. The summed E-state index contributed by atoms with van der Waals surface area (Å²) >= 11 is 0. The Morgan fingerprint density at radius 3 is 2.28 bits per heavy atom. The molecule has 156 valence electrons. The number of amides is 2. The average molecular weight is 406 g/mol. The van der Waals surface area contributed by atoms with Crippen LogP contribution in [-0.4, -0.2) is 24.3 Å². The largest absolute Gasteiger partial charge is 0.416 e. The monoisotopic (exact) mass is 406 g/mol. The van der Waals surface area contributed by atoms with Gasteiger partial charge < -0.3 is 15.7 Å². The van der Waals surface area contributed by atoms with Crippen LogP contribution >= 0.6 is 0 Å². The van der Waals surface area contributed by atoms with Gasteiger partial charge in [0.05, 0.1) is 11.6 Å². The van der Waals surface area contributed by atoms with E-state index in [2.05, 4.69) is 10.6 Å². The summed E-state index contributed by atoms with van der Waals surface area (Å²) in [6.07, 6.45) is -1.53. The molecule has 0 aromatic heterocycles. The number of aliphatic hydroxyl groups excluding tert-OH is 1. The van der Waals surface area contributed by atoms with E-state index in [1.54, 1.807) is 0 Å². The molecule has 3 N–H and O–H groups in total. The zero-order valence-corrected chi connectivity index (χ0v) is 16.0. The van der Waals surface area contributed by atoms with Crippen LogP contribution in [0.15, 0.2) is 54.6 Å². The van der Waals surface area contributed by atoms with E-state index in [0.717, 1.165) is 36.1 Å². The number of carbonyl (C=O) groups excluding carboxylic acids is 1. The van der Waals surface area contributed by atoms with Crippen LogP contribution in [0.5, 0.6) is 0 Å². The predicted molar refractivity (Wildman–Crippen MR) is 104 cm³/mol. The van der Waals surface area contributed by atoms with E-state index in [9.17, 15) is 18.0 Å². The highest BCUT2D eigenvalue weighted by Crippen LogP contribution is 2.48. The first-order valence-corrected chi connectivity index (χ1v) is 9.72. The second-order valence-corrected chi connectivity index (χ2v) is 7.51. The molecule has 1 fully saturated rings. The number of carbonyl (C=O) groups is 1. The Hall–Kier alpha value is -2.54. The summed E-state index contributed by atoms with van der Waals surface area (Å²) in [5, 5.41) is 14.9. The maximum absolute atomic E-state index is 12.8. The quantitative estimate of drug-likeness (QED) is 0.602. The minimum absolute atomic E-state index is 0.0453. The summed E-state index contributed by atoms with van der Waals surface area (Å²) < 4.78 is 38.3. The average Bonchev–Trinajstić information content (AvgIpc) is 3.51. The first-order chi connectivity index (χ1) is 13.8. The lowest BCUT2D eigenvalue weighted by molar-refractivity contribution is -0.137. The number of halogens is 3. The van der Waals surface area contributed by atoms with Crippen molar-refractivity contribution < 1.29 is 23.1 Å². The molecular weight excluding hydrogens is 381 g/mol. The molecule has 0 spiro atoms. The Balaban J connectivity index is 1.59. The molecule has 0 heterocycles. The van der Waals surface area contributed by atoms with Gasteiger partial charge in [0.2, 0.25) is 0 Å². The fourth-order valence-corrected chi connectivity index (χ4v) is 3.49. The molecular formula is C22H25F3N2O2. The third-order valence-electron chi connectivity index (χ3n) is 5.42. The lowest BCUT2D eigenvalue weighted by atomic mass is 9.95. The van der Waals surface area contributed by atoms with Crippen LogP contribution in [0.4, 0.5) is 18.0 Å². The normalized spacial score (nSPS) is 16.1. The van der Waals surface area contributed by atoms with Gasteiger partial charge in [0.1, 0.15) is 0 Å². The fourth-order valence-electron chi connectivity index (χ4n) is 3.49. The predicted octanol–water partition coefficient (Wildman–Crippen LogP) is 4.55. The standard InChI is InChI=1S/C22H25F3N2O2/c23-22(24,25)18-10-8-17(9-11-18)21(12-13-21)15-26-20(29)27-19(7-4-14-28)16-5-2-1-3-6-16/h1-3,5-6,8-11,19,28H,4,7,12-15H2,(H2,26,27,29). The second kappa shape index (κ2) is 8.86. The van der Waals surface area contributed by atoms with Crippen LogP contribution in [0.25, 0.3) is 0 Å². The van der Waals surface area contributed by atoms with Crippen LogP contribution in [0, 0.1) is 0 Å². The molecule has 0 saturated heterocycles. The molecule has 2 amide bonds. The van der Waals surface area contributed by atoms with E-state index in [1.807, 2.05) is 30.3 Å². The van der Waals surface area contributed by atoms with Crippen molar-refractivity contribution in [3.05, 3.63) is 71.3 Å². The van der Waals surface area contributed by atoms with Gasteiger partial charge in [-0.2, -0.15) is 13.2 Å². The number of rotatable bonds is 8.